The molecule has 0 bridgehead atoms. The smallest absolute Gasteiger partial charge is 0.256 e. The lowest BCUT2D eigenvalue weighted by Crippen LogP contribution is -2.15. The number of anilines is 2. The minimum Gasteiger partial charge on any atom is -0.397 e. The normalized spacial score (nSPS) is 10.4. The highest BCUT2D eigenvalue weighted by Crippen LogP contribution is 2.30. The molecule has 0 fully saturated rings. The van der Waals surface area contributed by atoms with Crippen LogP contribution in [-0.2, 0) is 0 Å². The van der Waals surface area contributed by atoms with Crippen molar-refractivity contribution in [1.29, 1.82) is 0 Å². The van der Waals surface area contributed by atoms with Crippen molar-refractivity contribution < 1.29 is 4.79 Å². The summed E-state index contributed by atoms with van der Waals surface area (Å²) in [5.74, 6) is -0.151. The quantitative estimate of drug-likeness (QED) is 0.809. The molecule has 2 aromatic rings. The molecule has 3 N–H and O–H groups in total. The minimum absolute atomic E-state index is 0.151. The number of amides is 1. The number of hydrogen-bond donors (Lipinski definition) is 2. The fourth-order valence-corrected chi connectivity index (χ4v) is 2.77. The highest BCUT2D eigenvalue weighted by atomic mass is 79.9. The Morgan fingerprint density at radius 2 is 1.90 bits per heavy atom. The Hall–Kier alpha value is -1.81. The van der Waals surface area contributed by atoms with Gasteiger partial charge in [0.25, 0.3) is 5.91 Å². The van der Waals surface area contributed by atoms with Gasteiger partial charge in [-0.15, -0.1) is 0 Å². The summed E-state index contributed by atoms with van der Waals surface area (Å²) in [5, 5.41) is 2.88. The average molecular weight is 333 g/mol. The van der Waals surface area contributed by atoms with Gasteiger partial charge in [0, 0.05) is 10.0 Å². The third-order valence-electron chi connectivity index (χ3n) is 3.35. The van der Waals surface area contributed by atoms with Crippen molar-refractivity contribution in [2.75, 3.05) is 11.1 Å². The zero-order valence-corrected chi connectivity index (χ0v) is 13.3. The van der Waals surface area contributed by atoms with Gasteiger partial charge in [0.15, 0.2) is 0 Å². The number of carbonyl (C=O) groups is 1. The van der Waals surface area contributed by atoms with Crippen LogP contribution in [0.15, 0.2) is 34.8 Å². The molecule has 0 spiro atoms. The van der Waals surface area contributed by atoms with E-state index in [2.05, 4.69) is 21.2 Å². The Balaban J connectivity index is 2.36. The summed E-state index contributed by atoms with van der Waals surface area (Å²) in [5.41, 5.74) is 10.9. The van der Waals surface area contributed by atoms with E-state index in [1.807, 2.05) is 51.1 Å². The lowest BCUT2D eigenvalue weighted by molar-refractivity contribution is 0.102. The van der Waals surface area contributed by atoms with Crippen molar-refractivity contribution in [3.63, 3.8) is 0 Å². The van der Waals surface area contributed by atoms with Gasteiger partial charge in [-0.2, -0.15) is 0 Å². The number of nitrogen functional groups attached to an aromatic ring is 1. The summed E-state index contributed by atoms with van der Waals surface area (Å²) >= 11 is 3.44. The van der Waals surface area contributed by atoms with Gasteiger partial charge in [0.2, 0.25) is 0 Å². The fourth-order valence-electron chi connectivity index (χ4n) is 2.08. The second-order valence-electron chi connectivity index (χ2n) is 4.91. The molecule has 3 nitrogen and oxygen atoms in total. The van der Waals surface area contributed by atoms with Gasteiger partial charge >= 0.3 is 0 Å². The molecule has 0 aliphatic carbocycles. The monoisotopic (exact) mass is 332 g/mol. The van der Waals surface area contributed by atoms with Crippen LogP contribution in [0.25, 0.3) is 0 Å². The molecule has 2 aromatic carbocycles. The first kappa shape index (κ1) is 14.6. The topological polar surface area (TPSA) is 55.1 Å². The van der Waals surface area contributed by atoms with Gasteiger partial charge in [0.1, 0.15) is 0 Å². The molecule has 0 aliphatic heterocycles. The van der Waals surface area contributed by atoms with Crippen LogP contribution in [0, 0.1) is 20.8 Å². The Labute approximate surface area is 127 Å². The molecule has 0 unspecified atom stereocenters. The Morgan fingerprint density at radius 1 is 1.20 bits per heavy atom. The van der Waals surface area contributed by atoms with E-state index in [0.29, 0.717) is 16.9 Å². The van der Waals surface area contributed by atoms with Crippen molar-refractivity contribution in [3.8, 4) is 0 Å². The predicted molar refractivity (Wildman–Crippen MR) is 87.2 cm³/mol. The minimum atomic E-state index is -0.151. The van der Waals surface area contributed by atoms with Gasteiger partial charge in [-0.25, -0.2) is 0 Å². The predicted octanol–water partition coefficient (Wildman–Crippen LogP) is 4.21. The van der Waals surface area contributed by atoms with E-state index in [-0.39, 0.29) is 5.91 Å². The van der Waals surface area contributed by atoms with Gasteiger partial charge in [-0.05, 0) is 71.6 Å². The second-order valence-corrected chi connectivity index (χ2v) is 5.77. The van der Waals surface area contributed by atoms with E-state index < -0.39 is 0 Å². The molecule has 20 heavy (non-hydrogen) atoms. The number of halogens is 1. The number of rotatable bonds is 2. The first-order valence-corrected chi connectivity index (χ1v) is 7.12. The summed E-state index contributed by atoms with van der Waals surface area (Å²) in [4.78, 5) is 12.4. The maximum Gasteiger partial charge on any atom is 0.256 e. The maximum atomic E-state index is 12.4. The van der Waals surface area contributed by atoms with Crippen molar-refractivity contribution in [2.24, 2.45) is 0 Å². The average Bonchev–Trinajstić information content (AvgIpc) is 2.36. The van der Waals surface area contributed by atoms with E-state index in [1.54, 1.807) is 0 Å². The van der Waals surface area contributed by atoms with Crippen LogP contribution in [0.5, 0.6) is 0 Å². The number of benzene rings is 2. The number of aryl methyl sites for hydroxylation is 2. The van der Waals surface area contributed by atoms with Crippen molar-refractivity contribution in [1.82, 2.24) is 0 Å². The highest BCUT2D eigenvalue weighted by Gasteiger charge is 2.14. The third kappa shape index (κ3) is 2.85. The molecule has 0 heterocycles. The largest absolute Gasteiger partial charge is 0.397 e. The molecule has 1 amide bonds. The zero-order chi connectivity index (χ0) is 14.9. The second kappa shape index (κ2) is 5.67. The molecule has 0 saturated heterocycles. The first-order chi connectivity index (χ1) is 9.40. The van der Waals surface area contributed by atoms with Crippen LogP contribution in [0.2, 0.25) is 0 Å². The number of nitrogens with one attached hydrogen (secondary N) is 1. The molecule has 2 rings (SSSR count). The Kier molecular flexibility index (Phi) is 4.14. The van der Waals surface area contributed by atoms with E-state index in [0.717, 1.165) is 21.2 Å². The van der Waals surface area contributed by atoms with Crippen molar-refractivity contribution in [2.45, 2.75) is 20.8 Å². The maximum absolute atomic E-state index is 12.4. The SMILES string of the molecule is Cc1cc(N)c(NC(=O)c2cccc(C)c2C)c(Br)c1. The molecule has 0 atom stereocenters. The highest BCUT2D eigenvalue weighted by molar-refractivity contribution is 9.10. The molecule has 0 radical (unpaired) electrons. The summed E-state index contributed by atoms with van der Waals surface area (Å²) in [6, 6.07) is 9.45. The molecule has 0 saturated carbocycles. The molecular formula is C16H17BrN2O. The number of nitrogens with two attached hydrogens (primary N) is 1. The molecule has 4 heteroatoms. The van der Waals surface area contributed by atoms with Crippen molar-refractivity contribution >= 4 is 33.2 Å². The zero-order valence-electron chi connectivity index (χ0n) is 11.8. The van der Waals surface area contributed by atoms with Crippen molar-refractivity contribution in [3.05, 3.63) is 57.1 Å². The van der Waals surface area contributed by atoms with Gasteiger partial charge in [-0.1, -0.05) is 12.1 Å². The van der Waals surface area contributed by atoms with Gasteiger partial charge in [0.05, 0.1) is 11.4 Å². The van der Waals surface area contributed by atoms with Gasteiger partial charge in [-0.3, -0.25) is 4.79 Å². The van der Waals surface area contributed by atoms with Crippen LogP contribution < -0.4 is 11.1 Å². The van der Waals surface area contributed by atoms with Crippen LogP contribution in [0.3, 0.4) is 0 Å². The summed E-state index contributed by atoms with van der Waals surface area (Å²) < 4.78 is 0.786. The number of hydrogen-bond acceptors (Lipinski definition) is 2. The lowest BCUT2D eigenvalue weighted by Gasteiger charge is -2.13. The van der Waals surface area contributed by atoms with E-state index in [4.69, 9.17) is 5.73 Å². The number of carbonyl (C=O) groups excluding carboxylic acids is 1. The lowest BCUT2D eigenvalue weighted by atomic mass is 10.0. The van der Waals surface area contributed by atoms with Crippen LogP contribution in [-0.4, -0.2) is 5.91 Å². The Morgan fingerprint density at radius 3 is 2.55 bits per heavy atom. The third-order valence-corrected chi connectivity index (χ3v) is 3.98. The van der Waals surface area contributed by atoms with Gasteiger partial charge < -0.3 is 11.1 Å². The van der Waals surface area contributed by atoms with Crippen LogP contribution in [0.4, 0.5) is 11.4 Å². The fraction of sp³-hybridized carbons (Fsp3) is 0.188. The molecule has 0 aromatic heterocycles. The molecular weight excluding hydrogens is 316 g/mol. The Bertz CT molecular complexity index is 657. The first-order valence-electron chi connectivity index (χ1n) is 6.33. The van der Waals surface area contributed by atoms with Crippen LogP contribution in [0.1, 0.15) is 27.0 Å². The standard InChI is InChI=1S/C16H17BrN2O/c1-9-7-13(17)15(14(18)8-9)19-16(20)12-6-4-5-10(2)11(12)3/h4-8H,18H2,1-3H3,(H,19,20). The summed E-state index contributed by atoms with van der Waals surface area (Å²) in [7, 11) is 0. The summed E-state index contributed by atoms with van der Waals surface area (Å²) in [6.45, 7) is 5.89. The molecule has 0 aliphatic rings. The van der Waals surface area contributed by atoms with E-state index >= 15 is 0 Å². The van der Waals surface area contributed by atoms with E-state index in [1.165, 1.54) is 0 Å². The summed E-state index contributed by atoms with van der Waals surface area (Å²) in [6.07, 6.45) is 0. The van der Waals surface area contributed by atoms with E-state index in [9.17, 15) is 4.79 Å². The molecule has 104 valence electrons. The van der Waals surface area contributed by atoms with Crippen LogP contribution >= 0.6 is 15.9 Å².